The molecule has 2 aromatic rings. The van der Waals surface area contributed by atoms with Gasteiger partial charge in [-0.2, -0.15) is 13.2 Å². The molecule has 0 N–H and O–H groups in total. The number of alkyl halides is 3. The van der Waals surface area contributed by atoms with Crippen molar-refractivity contribution in [3.63, 3.8) is 0 Å². The molecular formula is C23H30F3N3O3S. The van der Waals surface area contributed by atoms with Gasteiger partial charge in [-0.15, -0.1) is 0 Å². The summed E-state index contributed by atoms with van der Waals surface area (Å²) in [6.45, 7) is 2.36. The SMILES string of the molecule is CN(C[C@H]1CC[C@H](COCC=CCn2ccnc2)CC1)S(=O)(=O)c1ccc(C(F)(F)F)cc1. The molecule has 0 saturated heterocycles. The van der Waals surface area contributed by atoms with E-state index in [0.29, 0.717) is 25.7 Å². The third-order valence-electron chi connectivity index (χ3n) is 5.98. The predicted molar refractivity (Wildman–Crippen MR) is 119 cm³/mol. The van der Waals surface area contributed by atoms with Gasteiger partial charge in [-0.1, -0.05) is 12.2 Å². The van der Waals surface area contributed by atoms with Gasteiger partial charge in [0.2, 0.25) is 10.0 Å². The molecule has 0 spiro atoms. The molecule has 182 valence electrons. The van der Waals surface area contributed by atoms with Crippen LogP contribution in [-0.4, -0.2) is 49.1 Å². The van der Waals surface area contributed by atoms with E-state index in [-0.39, 0.29) is 10.8 Å². The second-order valence-corrected chi connectivity index (χ2v) is 10.5. The van der Waals surface area contributed by atoms with Crippen LogP contribution >= 0.6 is 0 Å². The molecule has 33 heavy (non-hydrogen) atoms. The van der Waals surface area contributed by atoms with E-state index in [4.69, 9.17) is 4.74 Å². The highest BCUT2D eigenvalue weighted by Gasteiger charge is 2.32. The van der Waals surface area contributed by atoms with Gasteiger partial charge in [0, 0.05) is 39.1 Å². The Balaban J connectivity index is 1.38. The summed E-state index contributed by atoms with van der Waals surface area (Å²) in [5, 5.41) is 0. The van der Waals surface area contributed by atoms with Gasteiger partial charge in [-0.25, -0.2) is 17.7 Å². The molecule has 1 aromatic heterocycles. The van der Waals surface area contributed by atoms with Gasteiger partial charge in [-0.05, 0) is 61.8 Å². The van der Waals surface area contributed by atoms with Gasteiger partial charge in [0.05, 0.1) is 23.4 Å². The Labute approximate surface area is 193 Å². The number of halogens is 3. The first kappa shape index (κ1) is 25.5. The summed E-state index contributed by atoms with van der Waals surface area (Å²) in [7, 11) is -2.34. The normalized spacial score (nSPS) is 20.0. The molecule has 10 heteroatoms. The molecular weight excluding hydrogens is 455 g/mol. The molecule has 0 radical (unpaired) electrons. The van der Waals surface area contributed by atoms with E-state index in [1.807, 2.05) is 22.9 Å². The standard InChI is InChI=1S/C23H30F3N3O3S/c1-28(33(30,31)22-10-8-21(9-11-22)23(24,25)26)16-19-4-6-20(7-5-19)17-32-15-3-2-13-29-14-12-27-18-29/h2-3,8-12,14,18-20H,4-7,13,15-17H2,1H3/t19-,20-. The highest BCUT2D eigenvalue weighted by Crippen LogP contribution is 2.32. The topological polar surface area (TPSA) is 64.4 Å². The van der Waals surface area contributed by atoms with Crippen molar-refractivity contribution in [3.8, 4) is 0 Å². The first-order valence-electron chi connectivity index (χ1n) is 11.0. The number of ether oxygens (including phenoxy) is 1. The lowest BCUT2D eigenvalue weighted by Crippen LogP contribution is -2.34. The van der Waals surface area contributed by atoms with Gasteiger partial charge >= 0.3 is 6.18 Å². The molecule has 1 aliphatic carbocycles. The van der Waals surface area contributed by atoms with E-state index in [9.17, 15) is 21.6 Å². The maximum Gasteiger partial charge on any atom is 0.416 e. The Morgan fingerprint density at radius 1 is 1.12 bits per heavy atom. The number of hydrogen-bond acceptors (Lipinski definition) is 4. The van der Waals surface area contributed by atoms with Crippen LogP contribution in [0.15, 0.2) is 60.0 Å². The second-order valence-electron chi connectivity index (χ2n) is 8.46. The Kier molecular flexibility index (Phi) is 8.72. The first-order chi connectivity index (χ1) is 15.7. The maximum atomic E-state index is 12.7. The molecule has 6 nitrogen and oxygen atoms in total. The van der Waals surface area contributed by atoms with Gasteiger partial charge in [-0.3, -0.25) is 0 Å². The van der Waals surface area contributed by atoms with Crippen molar-refractivity contribution in [2.75, 3.05) is 26.8 Å². The third kappa shape index (κ3) is 7.41. The lowest BCUT2D eigenvalue weighted by atomic mass is 9.82. The molecule has 1 saturated carbocycles. The summed E-state index contributed by atoms with van der Waals surface area (Å²) in [4.78, 5) is 3.86. The Morgan fingerprint density at radius 2 is 1.79 bits per heavy atom. The van der Waals surface area contributed by atoms with E-state index < -0.39 is 21.8 Å². The number of benzene rings is 1. The quantitative estimate of drug-likeness (QED) is 0.364. The average molecular weight is 486 g/mol. The van der Waals surface area contributed by atoms with Gasteiger partial charge < -0.3 is 9.30 Å². The van der Waals surface area contributed by atoms with Crippen LogP contribution in [0.5, 0.6) is 0 Å². The molecule has 1 aromatic carbocycles. The largest absolute Gasteiger partial charge is 0.416 e. The fourth-order valence-corrected chi connectivity index (χ4v) is 5.25. The van der Waals surface area contributed by atoms with Gasteiger partial charge in [0.1, 0.15) is 0 Å². The summed E-state index contributed by atoms with van der Waals surface area (Å²) in [6.07, 6.45) is 8.67. The number of aromatic nitrogens is 2. The van der Waals surface area contributed by atoms with Crippen LogP contribution in [0, 0.1) is 11.8 Å². The Bertz CT molecular complexity index is 982. The Hall–Kier alpha value is -2.17. The first-order valence-corrected chi connectivity index (χ1v) is 12.4. The number of allylic oxidation sites excluding steroid dienone is 1. The minimum atomic E-state index is -4.49. The zero-order valence-corrected chi connectivity index (χ0v) is 19.4. The van der Waals surface area contributed by atoms with Crippen LogP contribution in [0.3, 0.4) is 0 Å². The summed E-state index contributed by atoms with van der Waals surface area (Å²) in [5.74, 6) is 0.686. The zero-order valence-electron chi connectivity index (χ0n) is 18.6. The Morgan fingerprint density at radius 3 is 2.39 bits per heavy atom. The molecule has 0 bridgehead atoms. The predicted octanol–water partition coefficient (Wildman–Crippen LogP) is 4.60. The van der Waals surface area contributed by atoms with E-state index in [1.165, 1.54) is 11.4 Å². The molecule has 0 aliphatic heterocycles. The number of sulfonamides is 1. The lowest BCUT2D eigenvalue weighted by Gasteiger charge is -2.30. The fourth-order valence-electron chi connectivity index (χ4n) is 4.00. The zero-order chi connectivity index (χ0) is 23.9. The molecule has 1 aliphatic rings. The van der Waals surface area contributed by atoms with Crippen LogP contribution in [0.4, 0.5) is 13.2 Å². The number of nitrogens with zero attached hydrogens (tertiary/aromatic N) is 3. The van der Waals surface area contributed by atoms with Crippen molar-refractivity contribution in [1.29, 1.82) is 0 Å². The van der Waals surface area contributed by atoms with E-state index >= 15 is 0 Å². The van der Waals surface area contributed by atoms with Crippen LogP contribution in [0.1, 0.15) is 31.2 Å². The minimum absolute atomic E-state index is 0.124. The van der Waals surface area contributed by atoms with Crippen molar-refractivity contribution in [2.45, 2.75) is 43.3 Å². The fraction of sp³-hybridized carbons (Fsp3) is 0.522. The number of imidazole rings is 1. The highest BCUT2D eigenvalue weighted by molar-refractivity contribution is 7.89. The molecule has 0 unspecified atom stereocenters. The highest BCUT2D eigenvalue weighted by atomic mass is 32.2. The van der Waals surface area contributed by atoms with Crippen molar-refractivity contribution < 1.29 is 26.3 Å². The van der Waals surface area contributed by atoms with Gasteiger partial charge in [0.15, 0.2) is 0 Å². The summed E-state index contributed by atoms with van der Waals surface area (Å²) >= 11 is 0. The molecule has 1 heterocycles. The van der Waals surface area contributed by atoms with Crippen LogP contribution in [0.2, 0.25) is 0 Å². The number of hydrogen-bond donors (Lipinski definition) is 0. The third-order valence-corrected chi connectivity index (χ3v) is 7.82. The number of rotatable bonds is 10. The lowest BCUT2D eigenvalue weighted by molar-refractivity contribution is -0.137. The second kappa shape index (κ2) is 11.3. The molecule has 1 fully saturated rings. The van der Waals surface area contributed by atoms with Crippen molar-refractivity contribution in [1.82, 2.24) is 13.9 Å². The van der Waals surface area contributed by atoms with Crippen molar-refractivity contribution in [3.05, 3.63) is 60.7 Å². The van der Waals surface area contributed by atoms with Crippen LogP contribution in [0.25, 0.3) is 0 Å². The maximum absolute atomic E-state index is 12.7. The van der Waals surface area contributed by atoms with Crippen LogP contribution < -0.4 is 0 Å². The molecule has 0 atom stereocenters. The van der Waals surface area contributed by atoms with Crippen molar-refractivity contribution in [2.24, 2.45) is 11.8 Å². The summed E-state index contributed by atoms with van der Waals surface area (Å²) < 4.78 is 72.6. The smallest absolute Gasteiger partial charge is 0.377 e. The van der Waals surface area contributed by atoms with E-state index in [0.717, 1.165) is 56.5 Å². The molecule has 3 rings (SSSR count). The summed E-state index contributed by atoms with van der Waals surface area (Å²) in [6, 6.07) is 3.65. The van der Waals surface area contributed by atoms with Gasteiger partial charge in [0.25, 0.3) is 0 Å². The monoisotopic (exact) mass is 485 g/mol. The minimum Gasteiger partial charge on any atom is -0.377 e. The average Bonchev–Trinajstić information content (AvgIpc) is 3.30. The molecule has 0 amide bonds. The van der Waals surface area contributed by atoms with Crippen molar-refractivity contribution >= 4 is 10.0 Å². The van der Waals surface area contributed by atoms with E-state index in [2.05, 4.69) is 4.98 Å². The van der Waals surface area contributed by atoms with Crippen LogP contribution in [-0.2, 0) is 27.5 Å². The van der Waals surface area contributed by atoms with E-state index in [1.54, 1.807) is 12.5 Å². The summed E-state index contributed by atoms with van der Waals surface area (Å²) in [5.41, 5.74) is -0.863.